The van der Waals surface area contributed by atoms with Gasteiger partial charge in [0.1, 0.15) is 0 Å². The van der Waals surface area contributed by atoms with Crippen molar-refractivity contribution >= 4 is 26.6 Å². The summed E-state index contributed by atoms with van der Waals surface area (Å²) in [4.78, 5) is 18.0. The Labute approximate surface area is 151 Å². The molecule has 26 heavy (non-hydrogen) atoms. The van der Waals surface area contributed by atoms with Gasteiger partial charge in [-0.15, -0.1) is 0 Å². The van der Waals surface area contributed by atoms with E-state index in [-0.39, 0.29) is 24.0 Å². The molecule has 1 aromatic carbocycles. The number of rotatable bonds is 3. The smallest absolute Gasteiger partial charge is 0.255 e. The highest BCUT2D eigenvalue weighted by atomic mass is 32.2. The molecular formula is C18H20N4O3S. The van der Waals surface area contributed by atoms with E-state index in [1.165, 1.54) is 0 Å². The Bertz CT molecular complexity index is 1070. The molecule has 1 fully saturated rings. The SMILES string of the molecule is CCn1cc(C2CS(=O)(=O)CCN2C(=O)c2cccc3[nH]ccc23)cn1. The molecule has 2 aromatic heterocycles. The number of benzene rings is 1. The van der Waals surface area contributed by atoms with E-state index in [1.54, 1.807) is 28.0 Å². The second kappa shape index (κ2) is 6.28. The summed E-state index contributed by atoms with van der Waals surface area (Å²) in [6.45, 7) is 2.84. The summed E-state index contributed by atoms with van der Waals surface area (Å²) in [5, 5.41) is 5.09. The number of hydrogen-bond donors (Lipinski definition) is 1. The van der Waals surface area contributed by atoms with Crippen molar-refractivity contribution in [3.8, 4) is 0 Å². The Hall–Kier alpha value is -2.61. The number of aromatic nitrogens is 3. The van der Waals surface area contributed by atoms with Crippen molar-refractivity contribution in [1.29, 1.82) is 0 Å². The number of fused-ring (bicyclic) bond motifs is 1. The van der Waals surface area contributed by atoms with E-state index in [0.717, 1.165) is 16.5 Å². The zero-order valence-electron chi connectivity index (χ0n) is 14.4. The average Bonchev–Trinajstić information content (AvgIpc) is 3.29. The second-order valence-electron chi connectivity index (χ2n) is 6.50. The molecule has 1 atom stereocenters. The van der Waals surface area contributed by atoms with Crippen LogP contribution < -0.4 is 0 Å². The molecule has 136 valence electrons. The first-order valence-corrected chi connectivity index (χ1v) is 10.4. The zero-order valence-corrected chi connectivity index (χ0v) is 15.2. The zero-order chi connectivity index (χ0) is 18.3. The lowest BCUT2D eigenvalue weighted by Gasteiger charge is -2.35. The molecule has 8 heteroatoms. The van der Waals surface area contributed by atoms with E-state index in [1.807, 2.05) is 31.3 Å². The number of sulfone groups is 1. The third-order valence-corrected chi connectivity index (χ3v) is 6.51. The summed E-state index contributed by atoms with van der Waals surface area (Å²) in [6.07, 6.45) is 5.28. The van der Waals surface area contributed by atoms with Gasteiger partial charge in [0, 0.05) is 47.5 Å². The predicted molar refractivity (Wildman–Crippen MR) is 98.6 cm³/mol. The van der Waals surface area contributed by atoms with Crippen molar-refractivity contribution < 1.29 is 13.2 Å². The summed E-state index contributed by atoms with van der Waals surface area (Å²) in [5.41, 5.74) is 2.22. The third-order valence-electron chi connectivity index (χ3n) is 4.88. The summed E-state index contributed by atoms with van der Waals surface area (Å²) in [7, 11) is -3.19. The summed E-state index contributed by atoms with van der Waals surface area (Å²) >= 11 is 0. The van der Waals surface area contributed by atoms with Crippen LogP contribution >= 0.6 is 0 Å². The maximum absolute atomic E-state index is 13.3. The van der Waals surface area contributed by atoms with Gasteiger partial charge in [0.05, 0.1) is 23.7 Å². The van der Waals surface area contributed by atoms with Gasteiger partial charge >= 0.3 is 0 Å². The minimum absolute atomic E-state index is 0.0136. The predicted octanol–water partition coefficient (Wildman–Crippen LogP) is 2.00. The molecule has 1 aliphatic heterocycles. The fourth-order valence-corrected chi connectivity index (χ4v) is 4.97. The van der Waals surface area contributed by atoms with Gasteiger partial charge in [-0.05, 0) is 25.1 Å². The van der Waals surface area contributed by atoms with Crippen LogP contribution in [0.4, 0.5) is 0 Å². The van der Waals surface area contributed by atoms with E-state index < -0.39 is 15.9 Å². The Morgan fingerprint density at radius 1 is 1.35 bits per heavy atom. The number of carbonyl (C=O) groups is 1. The fraction of sp³-hybridized carbons (Fsp3) is 0.333. The topological polar surface area (TPSA) is 88.1 Å². The first kappa shape index (κ1) is 16.8. The van der Waals surface area contributed by atoms with Crippen LogP contribution in [0.15, 0.2) is 42.9 Å². The number of nitrogens with one attached hydrogen (secondary N) is 1. The third kappa shape index (κ3) is 2.90. The number of hydrogen-bond acceptors (Lipinski definition) is 4. The van der Waals surface area contributed by atoms with E-state index >= 15 is 0 Å². The van der Waals surface area contributed by atoms with E-state index in [2.05, 4.69) is 10.1 Å². The number of amides is 1. The molecule has 1 N–H and O–H groups in total. The number of aromatic amines is 1. The monoisotopic (exact) mass is 372 g/mol. The maximum Gasteiger partial charge on any atom is 0.255 e. The van der Waals surface area contributed by atoms with Gasteiger partial charge in [0.2, 0.25) is 0 Å². The van der Waals surface area contributed by atoms with Crippen LogP contribution in [0.1, 0.15) is 28.9 Å². The first-order chi connectivity index (χ1) is 12.5. The largest absolute Gasteiger partial charge is 0.361 e. The maximum atomic E-state index is 13.3. The molecule has 0 bridgehead atoms. The molecule has 0 radical (unpaired) electrons. The van der Waals surface area contributed by atoms with Crippen molar-refractivity contribution in [1.82, 2.24) is 19.7 Å². The van der Waals surface area contributed by atoms with Gasteiger partial charge < -0.3 is 9.88 Å². The Kier molecular flexibility index (Phi) is 4.07. The highest BCUT2D eigenvalue weighted by molar-refractivity contribution is 7.91. The van der Waals surface area contributed by atoms with Gasteiger partial charge in [-0.2, -0.15) is 5.10 Å². The Morgan fingerprint density at radius 3 is 2.96 bits per heavy atom. The van der Waals surface area contributed by atoms with Crippen LogP contribution in [0.2, 0.25) is 0 Å². The molecule has 0 aliphatic carbocycles. The lowest BCUT2D eigenvalue weighted by Crippen LogP contribution is -2.46. The van der Waals surface area contributed by atoms with Gasteiger partial charge in [-0.3, -0.25) is 9.48 Å². The van der Waals surface area contributed by atoms with Crippen LogP contribution in [0, 0.1) is 0 Å². The minimum atomic E-state index is -3.19. The van der Waals surface area contributed by atoms with Crippen LogP contribution in [-0.4, -0.2) is 52.0 Å². The highest BCUT2D eigenvalue weighted by Gasteiger charge is 2.36. The van der Waals surface area contributed by atoms with Gasteiger partial charge in [-0.1, -0.05) is 6.07 Å². The average molecular weight is 372 g/mol. The normalized spacial score (nSPS) is 19.7. The van der Waals surface area contributed by atoms with Crippen molar-refractivity contribution in [2.45, 2.75) is 19.5 Å². The number of carbonyl (C=O) groups excluding carboxylic acids is 1. The summed E-state index contributed by atoms with van der Waals surface area (Å²) < 4.78 is 26.2. The first-order valence-electron chi connectivity index (χ1n) is 8.58. The molecule has 7 nitrogen and oxygen atoms in total. The minimum Gasteiger partial charge on any atom is -0.361 e. The molecule has 1 aliphatic rings. The molecule has 0 spiro atoms. The van der Waals surface area contributed by atoms with Gasteiger partial charge in [0.25, 0.3) is 5.91 Å². The van der Waals surface area contributed by atoms with Gasteiger partial charge in [-0.25, -0.2) is 8.42 Å². The number of nitrogens with zero attached hydrogens (tertiary/aromatic N) is 3. The second-order valence-corrected chi connectivity index (χ2v) is 8.73. The molecule has 0 saturated carbocycles. The highest BCUT2D eigenvalue weighted by Crippen LogP contribution is 2.30. The molecule has 3 aromatic rings. The lowest BCUT2D eigenvalue weighted by molar-refractivity contribution is 0.0699. The van der Waals surface area contributed by atoms with Crippen molar-refractivity contribution in [2.24, 2.45) is 0 Å². The molecule has 4 rings (SSSR count). The lowest BCUT2D eigenvalue weighted by atomic mass is 10.1. The van der Waals surface area contributed by atoms with Crippen LogP contribution in [0.25, 0.3) is 10.9 Å². The van der Waals surface area contributed by atoms with Crippen LogP contribution in [0.3, 0.4) is 0 Å². The van der Waals surface area contributed by atoms with Crippen molar-refractivity contribution in [2.75, 3.05) is 18.1 Å². The molecule has 3 heterocycles. The van der Waals surface area contributed by atoms with Crippen molar-refractivity contribution in [3.63, 3.8) is 0 Å². The van der Waals surface area contributed by atoms with Gasteiger partial charge in [0.15, 0.2) is 9.84 Å². The fourth-order valence-electron chi connectivity index (χ4n) is 3.48. The molecule has 1 unspecified atom stereocenters. The van der Waals surface area contributed by atoms with Crippen LogP contribution in [0.5, 0.6) is 0 Å². The number of aryl methyl sites for hydroxylation is 1. The Balaban J connectivity index is 1.75. The van der Waals surface area contributed by atoms with Crippen molar-refractivity contribution in [3.05, 3.63) is 54.0 Å². The molecular weight excluding hydrogens is 352 g/mol. The quantitative estimate of drug-likeness (QED) is 0.762. The molecule has 1 amide bonds. The number of H-pyrrole nitrogens is 1. The summed E-state index contributed by atoms with van der Waals surface area (Å²) in [6, 6.07) is 6.88. The standard InChI is InChI=1S/C18H20N4O3S/c1-2-21-11-13(10-20-21)17-12-26(24,25)9-8-22(17)18(23)15-4-3-5-16-14(15)6-7-19-16/h3-7,10-11,17,19H,2,8-9,12H2,1H3. The van der Waals surface area contributed by atoms with Crippen LogP contribution in [-0.2, 0) is 16.4 Å². The van der Waals surface area contributed by atoms with E-state index in [0.29, 0.717) is 12.1 Å². The van der Waals surface area contributed by atoms with E-state index in [9.17, 15) is 13.2 Å². The van der Waals surface area contributed by atoms with E-state index in [4.69, 9.17) is 0 Å². The molecule has 1 saturated heterocycles. The summed E-state index contributed by atoms with van der Waals surface area (Å²) in [5.74, 6) is -0.239. The Morgan fingerprint density at radius 2 is 2.19 bits per heavy atom.